The Morgan fingerprint density at radius 2 is 1.60 bits per heavy atom. The zero-order chi connectivity index (χ0) is 34.2. The van der Waals surface area contributed by atoms with E-state index in [4.69, 9.17) is 11.5 Å². The molecular formula is C36H68N6O5. The van der Waals surface area contributed by atoms with E-state index in [1.807, 2.05) is 0 Å². The molecule has 4 rings (SSSR count). The van der Waals surface area contributed by atoms with E-state index in [-0.39, 0.29) is 77.2 Å². The molecule has 0 aromatic heterocycles. The van der Waals surface area contributed by atoms with Crippen molar-refractivity contribution < 1.29 is 24.9 Å². The number of nitrogens with two attached hydrogens (primary N) is 2. The molecule has 2 amide bonds. The number of fused-ring (bicyclic) bond motifs is 5. The Balaban J connectivity index is 1.25. The van der Waals surface area contributed by atoms with E-state index >= 15 is 0 Å². The molecule has 0 saturated heterocycles. The van der Waals surface area contributed by atoms with Crippen molar-refractivity contribution in [3.05, 3.63) is 0 Å². The lowest BCUT2D eigenvalue weighted by molar-refractivity contribution is -0.207. The number of carbonyl (C=O) groups is 2. The molecule has 0 heterocycles. The van der Waals surface area contributed by atoms with Gasteiger partial charge in [0.25, 0.3) is 0 Å². The Morgan fingerprint density at radius 3 is 2.34 bits per heavy atom. The van der Waals surface area contributed by atoms with Crippen LogP contribution in [0.25, 0.3) is 0 Å². The quantitative estimate of drug-likeness (QED) is 0.0772. The van der Waals surface area contributed by atoms with Gasteiger partial charge in [0, 0.05) is 6.42 Å². The van der Waals surface area contributed by atoms with Crippen LogP contribution < -0.4 is 32.7 Å². The number of carbonyl (C=O) groups excluding carboxylic acids is 2. The van der Waals surface area contributed by atoms with Crippen molar-refractivity contribution in [3.8, 4) is 0 Å². The summed E-state index contributed by atoms with van der Waals surface area (Å²) in [6.45, 7) is 10.5. The highest BCUT2D eigenvalue weighted by molar-refractivity contribution is 5.82. The van der Waals surface area contributed by atoms with Crippen molar-refractivity contribution in [2.45, 2.75) is 129 Å². The Bertz CT molecular complexity index is 1000. The summed E-state index contributed by atoms with van der Waals surface area (Å²) in [6.07, 6.45) is 9.28. The second kappa shape index (κ2) is 17.5. The van der Waals surface area contributed by atoms with Crippen LogP contribution in [-0.2, 0) is 9.59 Å². The first-order chi connectivity index (χ1) is 22.5. The normalized spacial score (nSPS) is 37.7. The molecule has 47 heavy (non-hydrogen) atoms. The first kappa shape index (κ1) is 38.5. The molecule has 11 heteroatoms. The lowest BCUT2D eigenvalue weighted by Gasteiger charge is -2.63. The SMILES string of the molecule is CC(CCC(=O)NCNC(=O)C(CCCNCCCN)NCCCN)C1CCC2C3C(C[C@H](O)[C@]12C)[C@@]1(C)CC[C@@H](O)CC1C[C@H]3O. The van der Waals surface area contributed by atoms with Gasteiger partial charge < -0.3 is 48.1 Å². The molecule has 272 valence electrons. The molecular weight excluding hydrogens is 596 g/mol. The fraction of sp³-hybridized carbons (Fsp3) is 0.944. The van der Waals surface area contributed by atoms with E-state index < -0.39 is 6.10 Å². The van der Waals surface area contributed by atoms with Gasteiger partial charge in [-0.15, -0.1) is 0 Å². The summed E-state index contributed by atoms with van der Waals surface area (Å²) < 4.78 is 0. The second-order valence-electron chi connectivity index (χ2n) is 16.0. The predicted molar refractivity (Wildman–Crippen MR) is 185 cm³/mol. The van der Waals surface area contributed by atoms with Crippen molar-refractivity contribution >= 4 is 11.8 Å². The minimum Gasteiger partial charge on any atom is -0.393 e. The van der Waals surface area contributed by atoms with Crippen LogP contribution in [0, 0.1) is 46.3 Å². The van der Waals surface area contributed by atoms with Gasteiger partial charge in [0.2, 0.25) is 11.8 Å². The molecule has 0 aromatic carbocycles. The fourth-order valence-corrected chi connectivity index (χ4v) is 10.6. The molecule has 4 saturated carbocycles. The summed E-state index contributed by atoms with van der Waals surface area (Å²) in [5.74, 6) is 1.37. The molecule has 4 aliphatic carbocycles. The first-order valence-corrected chi connectivity index (χ1v) is 18.9. The minimum atomic E-state index is -0.435. The van der Waals surface area contributed by atoms with Gasteiger partial charge in [-0.1, -0.05) is 20.8 Å². The number of amides is 2. The second-order valence-corrected chi connectivity index (χ2v) is 16.0. The molecule has 4 aliphatic rings. The summed E-state index contributed by atoms with van der Waals surface area (Å²) in [4.78, 5) is 25.8. The third-order valence-corrected chi connectivity index (χ3v) is 13.4. The monoisotopic (exact) mass is 665 g/mol. The molecule has 0 radical (unpaired) electrons. The third-order valence-electron chi connectivity index (χ3n) is 13.4. The summed E-state index contributed by atoms with van der Waals surface area (Å²) in [5.41, 5.74) is 11.0. The van der Waals surface area contributed by atoms with Gasteiger partial charge >= 0.3 is 0 Å². The number of hydrogen-bond acceptors (Lipinski definition) is 9. The van der Waals surface area contributed by atoms with Crippen LogP contribution in [0.15, 0.2) is 0 Å². The smallest absolute Gasteiger partial charge is 0.238 e. The lowest BCUT2D eigenvalue weighted by Crippen LogP contribution is -2.62. The molecule has 11 nitrogen and oxygen atoms in total. The molecule has 0 aromatic rings. The van der Waals surface area contributed by atoms with Crippen LogP contribution in [0.3, 0.4) is 0 Å². The van der Waals surface area contributed by atoms with Crippen LogP contribution in [0.1, 0.15) is 104 Å². The summed E-state index contributed by atoms with van der Waals surface area (Å²) in [6, 6.07) is -0.340. The van der Waals surface area contributed by atoms with Crippen LogP contribution >= 0.6 is 0 Å². The Kier molecular flexibility index (Phi) is 14.4. The van der Waals surface area contributed by atoms with Gasteiger partial charge in [-0.05, 0) is 156 Å². The minimum absolute atomic E-state index is 0.0604. The molecule has 7 unspecified atom stereocenters. The van der Waals surface area contributed by atoms with E-state index in [0.717, 1.165) is 70.9 Å². The van der Waals surface area contributed by atoms with Crippen LogP contribution in [-0.4, -0.2) is 90.9 Å². The number of rotatable bonds is 18. The predicted octanol–water partition coefficient (Wildman–Crippen LogP) is 1.58. The highest BCUT2D eigenvalue weighted by Gasteiger charge is 2.65. The van der Waals surface area contributed by atoms with E-state index in [1.165, 1.54) is 0 Å². The zero-order valence-electron chi connectivity index (χ0n) is 29.5. The molecule has 0 spiro atoms. The van der Waals surface area contributed by atoms with Gasteiger partial charge in [-0.2, -0.15) is 0 Å². The van der Waals surface area contributed by atoms with Crippen LogP contribution in [0.2, 0.25) is 0 Å². The van der Waals surface area contributed by atoms with E-state index in [1.54, 1.807) is 0 Å². The number of aliphatic hydroxyl groups is 3. The highest BCUT2D eigenvalue weighted by Crippen LogP contribution is 2.68. The maximum Gasteiger partial charge on any atom is 0.238 e. The Hall–Kier alpha value is -1.34. The van der Waals surface area contributed by atoms with Crippen molar-refractivity contribution in [2.24, 2.45) is 57.8 Å². The topological polar surface area (TPSA) is 195 Å². The van der Waals surface area contributed by atoms with Gasteiger partial charge in [-0.25, -0.2) is 0 Å². The van der Waals surface area contributed by atoms with Crippen molar-refractivity contribution in [2.75, 3.05) is 39.4 Å². The Morgan fingerprint density at radius 1 is 0.872 bits per heavy atom. The number of aliphatic hydroxyl groups excluding tert-OH is 3. The first-order valence-electron chi connectivity index (χ1n) is 18.9. The number of nitrogens with one attached hydrogen (secondary N) is 4. The van der Waals surface area contributed by atoms with Gasteiger partial charge in [0.05, 0.1) is 31.0 Å². The molecule has 11 N–H and O–H groups in total. The summed E-state index contributed by atoms with van der Waals surface area (Å²) in [7, 11) is 0. The summed E-state index contributed by atoms with van der Waals surface area (Å²) >= 11 is 0. The van der Waals surface area contributed by atoms with Crippen LogP contribution in [0.5, 0.6) is 0 Å². The lowest BCUT2D eigenvalue weighted by atomic mass is 9.43. The van der Waals surface area contributed by atoms with E-state index in [2.05, 4.69) is 42.0 Å². The fourth-order valence-electron chi connectivity index (χ4n) is 10.6. The van der Waals surface area contributed by atoms with E-state index in [9.17, 15) is 24.9 Å². The Labute approximate surface area is 283 Å². The van der Waals surface area contributed by atoms with Crippen molar-refractivity contribution in [1.29, 1.82) is 0 Å². The maximum absolute atomic E-state index is 12.9. The summed E-state index contributed by atoms with van der Waals surface area (Å²) in [5, 5.41) is 46.1. The molecule has 4 fully saturated rings. The maximum atomic E-state index is 12.9. The zero-order valence-corrected chi connectivity index (χ0v) is 29.5. The van der Waals surface area contributed by atoms with Crippen molar-refractivity contribution in [3.63, 3.8) is 0 Å². The third kappa shape index (κ3) is 8.88. The van der Waals surface area contributed by atoms with Gasteiger partial charge in [0.1, 0.15) is 0 Å². The molecule has 0 bridgehead atoms. The van der Waals surface area contributed by atoms with E-state index in [0.29, 0.717) is 51.2 Å². The van der Waals surface area contributed by atoms with Crippen molar-refractivity contribution in [1.82, 2.24) is 21.3 Å². The average molecular weight is 665 g/mol. The van der Waals surface area contributed by atoms with Gasteiger partial charge in [-0.3, -0.25) is 9.59 Å². The molecule has 12 atom stereocenters. The largest absolute Gasteiger partial charge is 0.393 e. The standard InChI is InChI=1S/C36H68N6O5/c1-23(8-11-32(46)41-22-42-34(47)29(40-18-6-15-38)7-4-16-39-17-5-14-37)26-9-10-27-33-28(21-31(45)36(26,27)3)35(2)13-12-25(43)19-24(35)20-30(33)44/h23-31,33,39-40,43-45H,4-22,37-38H2,1-3H3,(H,41,46)(H,42,47)/t23?,24?,25-,26?,27?,28?,29?,30-,31+,33?,35+,36-/m1/s1. The average Bonchev–Trinajstić information content (AvgIpc) is 3.40. The molecule has 0 aliphatic heterocycles. The van der Waals surface area contributed by atoms with Gasteiger partial charge in [0.15, 0.2) is 0 Å². The number of hydrogen-bond donors (Lipinski definition) is 9. The van der Waals surface area contributed by atoms with Crippen LogP contribution in [0.4, 0.5) is 0 Å². The highest BCUT2D eigenvalue weighted by atomic mass is 16.3.